The monoisotopic (exact) mass is 250 g/mol. The van der Waals surface area contributed by atoms with Crippen LogP contribution in [0.1, 0.15) is 25.3 Å². The molecule has 0 saturated carbocycles. The molecule has 0 aromatic heterocycles. The van der Waals surface area contributed by atoms with Gasteiger partial charge < -0.3 is 9.22 Å². The summed E-state index contributed by atoms with van der Waals surface area (Å²) in [4.78, 5) is 11.3. The number of nitrogens with zero attached hydrogens (tertiary/aromatic N) is 1. The van der Waals surface area contributed by atoms with Crippen molar-refractivity contribution in [2.75, 3.05) is 27.2 Å². The van der Waals surface area contributed by atoms with E-state index in [-0.39, 0.29) is 5.97 Å². The number of rotatable bonds is 7. The second kappa shape index (κ2) is 7.17. The van der Waals surface area contributed by atoms with Crippen LogP contribution in [-0.2, 0) is 16.1 Å². The molecular formula is C15H24NO2+. The van der Waals surface area contributed by atoms with Crippen LogP contribution in [0.25, 0.3) is 0 Å². The topological polar surface area (TPSA) is 26.3 Å². The zero-order chi connectivity index (χ0) is 13.4. The van der Waals surface area contributed by atoms with Gasteiger partial charge in [-0.3, -0.25) is 4.79 Å². The summed E-state index contributed by atoms with van der Waals surface area (Å²) in [5, 5.41) is 0. The summed E-state index contributed by atoms with van der Waals surface area (Å²) >= 11 is 0. The Balaban J connectivity index is 2.34. The molecule has 18 heavy (non-hydrogen) atoms. The second-order valence-electron chi connectivity index (χ2n) is 5.27. The fourth-order valence-electron chi connectivity index (χ4n) is 1.84. The summed E-state index contributed by atoms with van der Waals surface area (Å²) in [6.45, 7) is 4.27. The Morgan fingerprint density at radius 1 is 1.22 bits per heavy atom. The van der Waals surface area contributed by atoms with E-state index in [1.165, 1.54) is 5.56 Å². The highest BCUT2D eigenvalue weighted by molar-refractivity contribution is 5.69. The van der Waals surface area contributed by atoms with Crippen LogP contribution in [0.4, 0.5) is 0 Å². The van der Waals surface area contributed by atoms with Crippen molar-refractivity contribution in [2.24, 2.45) is 0 Å². The third kappa shape index (κ3) is 5.82. The minimum atomic E-state index is -0.0859. The molecule has 0 unspecified atom stereocenters. The first kappa shape index (κ1) is 14.7. The molecular weight excluding hydrogens is 226 g/mol. The number of hydrogen-bond donors (Lipinski definition) is 0. The molecule has 0 aliphatic rings. The van der Waals surface area contributed by atoms with Crippen molar-refractivity contribution < 1.29 is 14.0 Å². The predicted octanol–water partition coefficient (Wildman–Crippen LogP) is 2.61. The van der Waals surface area contributed by atoms with Gasteiger partial charge in [-0.25, -0.2) is 0 Å². The Hall–Kier alpha value is -1.35. The fraction of sp³-hybridized carbons (Fsp3) is 0.533. The van der Waals surface area contributed by atoms with Crippen LogP contribution in [0.15, 0.2) is 30.3 Å². The maximum Gasteiger partial charge on any atom is 0.305 e. The van der Waals surface area contributed by atoms with Crippen molar-refractivity contribution in [3.8, 4) is 0 Å². The summed E-state index contributed by atoms with van der Waals surface area (Å²) in [6, 6.07) is 10.4. The summed E-state index contributed by atoms with van der Waals surface area (Å²) in [7, 11) is 4.31. The lowest BCUT2D eigenvalue weighted by molar-refractivity contribution is -0.903. The summed E-state index contributed by atoms with van der Waals surface area (Å²) in [5.74, 6) is -0.0859. The molecule has 0 heterocycles. The highest BCUT2D eigenvalue weighted by Gasteiger charge is 2.16. The zero-order valence-electron chi connectivity index (χ0n) is 11.7. The fourth-order valence-corrected chi connectivity index (χ4v) is 1.84. The van der Waals surface area contributed by atoms with Gasteiger partial charge in [0.15, 0.2) is 0 Å². The molecule has 0 fully saturated rings. The summed E-state index contributed by atoms with van der Waals surface area (Å²) < 4.78 is 6.02. The molecule has 0 spiro atoms. The van der Waals surface area contributed by atoms with Gasteiger partial charge in [-0.1, -0.05) is 37.3 Å². The molecule has 1 aromatic carbocycles. The van der Waals surface area contributed by atoms with Gasteiger partial charge in [0.05, 0.1) is 14.1 Å². The first-order valence-corrected chi connectivity index (χ1v) is 6.55. The van der Waals surface area contributed by atoms with Crippen LogP contribution in [0, 0.1) is 0 Å². The minimum absolute atomic E-state index is 0.0859. The van der Waals surface area contributed by atoms with Crippen molar-refractivity contribution in [1.82, 2.24) is 0 Å². The Labute approximate surface area is 110 Å². The smallest absolute Gasteiger partial charge is 0.305 e. The number of likely N-dealkylation sites (N-methyl/N-ethyl adjacent to an activating group) is 1. The van der Waals surface area contributed by atoms with E-state index in [2.05, 4.69) is 38.4 Å². The van der Waals surface area contributed by atoms with Gasteiger partial charge in [-0.15, -0.1) is 0 Å². The van der Waals surface area contributed by atoms with E-state index in [0.717, 1.165) is 24.0 Å². The molecule has 0 atom stereocenters. The highest BCUT2D eigenvalue weighted by atomic mass is 16.5. The molecule has 3 heteroatoms. The van der Waals surface area contributed by atoms with Gasteiger partial charge in [-0.2, -0.15) is 0 Å². The lowest BCUT2D eigenvalue weighted by Crippen LogP contribution is -2.41. The number of esters is 1. The zero-order valence-corrected chi connectivity index (χ0v) is 11.7. The van der Waals surface area contributed by atoms with Gasteiger partial charge in [-0.05, 0) is 6.42 Å². The van der Waals surface area contributed by atoms with Crippen LogP contribution in [-0.4, -0.2) is 37.7 Å². The summed E-state index contributed by atoms with van der Waals surface area (Å²) in [6.07, 6.45) is 1.37. The largest absolute Gasteiger partial charge is 0.460 e. The average Bonchev–Trinajstić information content (AvgIpc) is 2.29. The molecule has 1 aromatic rings. The van der Waals surface area contributed by atoms with Gasteiger partial charge in [0, 0.05) is 12.0 Å². The van der Waals surface area contributed by atoms with Crippen molar-refractivity contribution in [1.29, 1.82) is 0 Å². The maximum atomic E-state index is 11.3. The Bertz CT molecular complexity index is 360. The quantitative estimate of drug-likeness (QED) is 0.549. The van der Waals surface area contributed by atoms with Gasteiger partial charge in [0.1, 0.15) is 19.7 Å². The molecule has 0 N–H and O–H groups in total. The normalized spacial score (nSPS) is 11.3. The molecule has 3 nitrogen and oxygen atoms in total. The lowest BCUT2D eigenvalue weighted by Gasteiger charge is -2.29. The minimum Gasteiger partial charge on any atom is -0.460 e. The number of ether oxygens (including phenoxy) is 1. The van der Waals surface area contributed by atoms with Crippen LogP contribution in [0.5, 0.6) is 0 Å². The van der Waals surface area contributed by atoms with E-state index in [0.29, 0.717) is 13.0 Å². The van der Waals surface area contributed by atoms with Gasteiger partial charge in [0.2, 0.25) is 0 Å². The number of benzene rings is 1. The van der Waals surface area contributed by atoms with Gasteiger partial charge >= 0.3 is 5.97 Å². The van der Waals surface area contributed by atoms with Gasteiger partial charge in [0.25, 0.3) is 0 Å². The molecule has 1 rings (SSSR count). The Morgan fingerprint density at radius 2 is 1.89 bits per heavy atom. The Kier molecular flexibility index (Phi) is 5.86. The van der Waals surface area contributed by atoms with Crippen LogP contribution in [0.2, 0.25) is 0 Å². The van der Waals surface area contributed by atoms with Crippen LogP contribution < -0.4 is 0 Å². The lowest BCUT2D eigenvalue weighted by atomic mass is 10.2. The van der Waals surface area contributed by atoms with E-state index in [4.69, 9.17) is 4.74 Å². The second-order valence-corrected chi connectivity index (χ2v) is 5.27. The maximum absolute atomic E-state index is 11.3. The van der Waals surface area contributed by atoms with E-state index in [1.54, 1.807) is 0 Å². The van der Waals surface area contributed by atoms with E-state index >= 15 is 0 Å². The predicted molar refractivity (Wildman–Crippen MR) is 73.0 cm³/mol. The van der Waals surface area contributed by atoms with Crippen LogP contribution >= 0.6 is 0 Å². The van der Waals surface area contributed by atoms with Crippen LogP contribution in [0.3, 0.4) is 0 Å². The first-order chi connectivity index (χ1) is 8.53. The molecule has 100 valence electrons. The molecule has 0 aliphatic carbocycles. The van der Waals surface area contributed by atoms with Crippen molar-refractivity contribution in [2.45, 2.75) is 26.3 Å². The third-order valence-corrected chi connectivity index (χ3v) is 2.87. The molecule has 0 saturated heterocycles. The van der Waals surface area contributed by atoms with Crippen molar-refractivity contribution >= 4 is 5.97 Å². The molecule has 0 bridgehead atoms. The SMILES string of the molecule is CCCC(=O)OCC[N+](C)(C)Cc1ccccc1. The summed E-state index contributed by atoms with van der Waals surface area (Å²) in [5.41, 5.74) is 1.31. The number of hydrogen-bond acceptors (Lipinski definition) is 2. The first-order valence-electron chi connectivity index (χ1n) is 6.55. The standard InChI is InChI=1S/C15H24NO2/c1-4-8-15(17)18-12-11-16(2,3)13-14-9-6-5-7-10-14/h5-7,9-10H,4,8,11-13H2,1-3H3/q+1. The number of carbonyl (C=O) groups excluding carboxylic acids is 1. The molecule has 0 aliphatic heterocycles. The van der Waals surface area contributed by atoms with E-state index < -0.39 is 0 Å². The van der Waals surface area contributed by atoms with Crippen molar-refractivity contribution in [3.63, 3.8) is 0 Å². The number of quaternary nitrogens is 1. The molecule has 0 radical (unpaired) electrons. The Morgan fingerprint density at radius 3 is 2.50 bits per heavy atom. The van der Waals surface area contributed by atoms with E-state index in [9.17, 15) is 4.79 Å². The van der Waals surface area contributed by atoms with Crippen molar-refractivity contribution in [3.05, 3.63) is 35.9 Å². The number of carbonyl (C=O) groups is 1. The third-order valence-electron chi connectivity index (χ3n) is 2.87. The average molecular weight is 250 g/mol. The highest BCUT2D eigenvalue weighted by Crippen LogP contribution is 2.08. The van der Waals surface area contributed by atoms with E-state index in [1.807, 2.05) is 13.0 Å². The molecule has 0 amide bonds.